The van der Waals surface area contributed by atoms with E-state index in [0.29, 0.717) is 17.6 Å². The van der Waals surface area contributed by atoms with Crippen LogP contribution < -0.4 is 11.5 Å². The number of rotatable bonds is 6. The van der Waals surface area contributed by atoms with Crippen molar-refractivity contribution in [2.75, 3.05) is 12.3 Å². The lowest BCUT2D eigenvalue weighted by atomic mass is 9.96. The summed E-state index contributed by atoms with van der Waals surface area (Å²) in [6, 6.07) is 13.9. The van der Waals surface area contributed by atoms with Gasteiger partial charge in [-0.05, 0) is 24.1 Å². The van der Waals surface area contributed by atoms with Crippen LogP contribution in [0.25, 0.3) is 5.52 Å². The smallest absolute Gasteiger partial charge is 0.323 e. The van der Waals surface area contributed by atoms with E-state index in [1.165, 1.54) is 10.8 Å². The Bertz CT molecular complexity index is 1130. The van der Waals surface area contributed by atoms with Gasteiger partial charge in [0.2, 0.25) is 0 Å². The van der Waals surface area contributed by atoms with Crippen LogP contribution in [-0.4, -0.2) is 50.5 Å². The molecule has 5 N–H and O–H groups in total. The average Bonchev–Trinajstić information content (AvgIpc) is 3.35. The molecule has 1 aliphatic rings. The normalized spacial score (nSPS) is 24.0. The Hall–Kier alpha value is -3.52. The first-order valence-corrected chi connectivity index (χ1v) is 9.75. The summed E-state index contributed by atoms with van der Waals surface area (Å²) < 4.78 is 12.6. The van der Waals surface area contributed by atoms with Crippen LogP contribution in [0, 0.1) is 11.3 Å². The first-order chi connectivity index (χ1) is 14.9. The van der Waals surface area contributed by atoms with Gasteiger partial charge in [0.05, 0.1) is 11.8 Å². The number of hydrogen-bond acceptors (Lipinski definition) is 9. The molecule has 4 rings (SSSR count). The minimum atomic E-state index is -1.48. The summed E-state index contributed by atoms with van der Waals surface area (Å²) in [6.07, 6.45) is -0.333. The highest BCUT2D eigenvalue weighted by Gasteiger charge is 2.50. The fourth-order valence-corrected chi connectivity index (χ4v) is 3.73. The summed E-state index contributed by atoms with van der Waals surface area (Å²) in [5.74, 6) is -0.353. The lowest BCUT2D eigenvalue weighted by Gasteiger charge is -2.21. The standard InChI is InChI=1S/C21H22N6O4/c22-11-21(18-7-6-15-19(24)25-12-26-27(15)18)9-16(28)17(31-21)10-30-20(29)14(23)8-13-4-2-1-3-5-13/h1-7,12,14,16-17,28H,8-10,23H2,(H2,24,25,26)/t14-,16-,17+,21-/m0/s1. The van der Waals surface area contributed by atoms with E-state index in [1.807, 2.05) is 30.3 Å². The quantitative estimate of drug-likeness (QED) is 0.474. The number of esters is 1. The van der Waals surface area contributed by atoms with Crippen LogP contribution in [0.1, 0.15) is 17.7 Å². The number of nitrogen functional groups attached to an aromatic ring is 1. The maximum Gasteiger partial charge on any atom is 0.323 e. The van der Waals surface area contributed by atoms with Gasteiger partial charge in [-0.2, -0.15) is 10.4 Å². The van der Waals surface area contributed by atoms with E-state index in [4.69, 9.17) is 20.9 Å². The fourth-order valence-electron chi connectivity index (χ4n) is 3.73. The zero-order valence-electron chi connectivity index (χ0n) is 16.6. The van der Waals surface area contributed by atoms with Gasteiger partial charge in [-0.25, -0.2) is 9.50 Å². The number of carbonyl (C=O) groups is 1. The molecule has 0 aliphatic carbocycles. The Morgan fingerprint density at radius 1 is 1.39 bits per heavy atom. The summed E-state index contributed by atoms with van der Waals surface area (Å²) in [5, 5.41) is 24.5. The molecule has 1 saturated heterocycles. The van der Waals surface area contributed by atoms with Crippen molar-refractivity contribution in [3.8, 4) is 6.07 Å². The molecule has 1 aliphatic heterocycles. The van der Waals surface area contributed by atoms with Crippen molar-refractivity contribution in [1.29, 1.82) is 5.26 Å². The highest BCUT2D eigenvalue weighted by atomic mass is 16.6. The number of nitrogens with two attached hydrogens (primary N) is 2. The summed E-state index contributed by atoms with van der Waals surface area (Å²) in [7, 11) is 0. The summed E-state index contributed by atoms with van der Waals surface area (Å²) >= 11 is 0. The third kappa shape index (κ3) is 3.94. The van der Waals surface area contributed by atoms with Gasteiger partial charge in [0.15, 0.2) is 11.4 Å². The molecule has 1 aromatic carbocycles. The van der Waals surface area contributed by atoms with Crippen LogP contribution in [0.4, 0.5) is 5.82 Å². The van der Waals surface area contributed by atoms with Gasteiger partial charge < -0.3 is 26.0 Å². The molecule has 0 radical (unpaired) electrons. The molecular weight excluding hydrogens is 400 g/mol. The average molecular weight is 422 g/mol. The number of aliphatic hydroxyl groups excluding tert-OH is 1. The van der Waals surface area contributed by atoms with Crippen LogP contribution in [0.2, 0.25) is 0 Å². The number of aliphatic hydroxyl groups is 1. The Balaban J connectivity index is 1.44. The lowest BCUT2D eigenvalue weighted by molar-refractivity contribution is -0.152. The first kappa shape index (κ1) is 20.7. The first-order valence-electron chi connectivity index (χ1n) is 9.75. The van der Waals surface area contributed by atoms with Crippen molar-refractivity contribution >= 4 is 17.3 Å². The van der Waals surface area contributed by atoms with Gasteiger partial charge >= 0.3 is 5.97 Å². The summed E-state index contributed by atoms with van der Waals surface area (Å²) in [4.78, 5) is 16.2. The molecule has 3 heterocycles. The van der Waals surface area contributed by atoms with E-state index >= 15 is 0 Å². The monoisotopic (exact) mass is 422 g/mol. The second-order valence-electron chi connectivity index (χ2n) is 7.45. The second kappa shape index (κ2) is 8.31. The van der Waals surface area contributed by atoms with Gasteiger partial charge in [0.25, 0.3) is 0 Å². The minimum absolute atomic E-state index is 0.0161. The maximum absolute atomic E-state index is 12.3. The van der Waals surface area contributed by atoms with E-state index < -0.39 is 29.8 Å². The molecule has 2 aromatic heterocycles. The van der Waals surface area contributed by atoms with Crippen molar-refractivity contribution < 1.29 is 19.4 Å². The molecule has 0 amide bonds. The molecule has 160 valence electrons. The largest absolute Gasteiger partial charge is 0.462 e. The molecule has 0 unspecified atom stereocenters. The number of nitriles is 1. The van der Waals surface area contributed by atoms with Crippen molar-refractivity contribution in [3.05, 3.63) is 60.0 Å². The van der Waals surface area contributed by atoms with Crippen LogP contribution in [-0.2, 0) is 26.3 Å². The minimum Gasteiger partial charge on any atom is -0.462 e. The van der Waals surface area contributed by atoms with Crippen LogP contribution in [0.5, 0.6) is 0 Å². The molecule has 10 heteroatoms. The second-order valence-corrected chi connectivity index (χ2v) is 7.45. The SMILES string of the molecule is N#C[C@]1(c2ccc3c(N)ncnn23)C[C@H](O)[C@@H](COC(=O)[C@@H](N)Cc2ccccc2)O1. The van der Waals surface area contributed by atoms with E-state index in [1.54, 1.807) is 12.1 Å². The highest BCUT2D eigenvalue weighted by Crippen LogP contribution is 2.40. The Morgan fingerprint density at radius 2 is 2.16 bits per heavy atom. The molecule has 0 spiro atoms. The number of aromatic nitrogens is 3. The molecule has 0 bridgehead atoms. The zero-order valence-corrected chi connectivity index (χ0v) is 16.6. The van der Waals surface area contributed by atoms with Crippen molar-refractivity contribution in [2.45, 2.75) is 36.7 Å². The van der Waals surface area contributed by atoms with E-state index in [2.05, 4.69) is 16.2 Å². The van der Waals surface area contributed by atoms with Crippen molar-refractivity contribution in [1.82, 2.24) is 14.6 Å². The van der Waals surface area contributed by atoms with Gasteiger partial charge in [-0.3, -0.25) is 4.79 Å². The van der Waals surface area contributed by atoms with Crippen molar-refractivity contribution in [3.63, 3.8) is 0 Å². The van der Waals surface area contributed by atoms with Gasteiger partial charge in [0, 0.05) is 6.42 Å². The number of benzene rings is 1. The molecule has 31 heavy (non-hydrogen) atoms. The number of ether oxygens (including phenoxy) is 2. The highest BCUT2D eigenvalue weighted by molar-refractivity contribution is 5.76. The number of fused-ring (bicyclic) bond motifs is 1. The van der Waals surface area contributed by atoms with Gasteiger partial charge in [0.1, 0.15) is 36.7 Å². The van der Waals surface area contributed by atoms with Crippen LogP contribution >= 0.6 is 0 Å². The third-order valence-electron chi connectivity index (χ3n) is 5.35. The molecule has 10 nitrogen and oxygen atoms in total. The van der Waals surface area contributed by atoms with E-state index in [-0.39, 0.29) is 18.8 Å². The molecular formula is C21H22N6O4. The van der Waals surface area contributed by atoms with E-state index in [9.17, 15) is 15.2 Å². The Kier molecular flexibility index (Phi) is 5.56. The Labute approximate surface area is 178 Å². The Morgan fingerprint density at radius 3 is 2.90 bits per heavy atom. The predicted molar refractivity (Wildman–Crippen MR) is 109 cm³/mol. The fraction of sp³-hybridized carbons (Fsp3) is 0.333. The predicted octanol–water partition coefficient (Wildman–Crippen LogP) is 0.293. The van der Waals surface area contributed by atoms with Crippen molar-refractivity contribution in [2.24, 2.45) is 5.73 Å². The lowest BCUT2D eigenvalue weighted by Crippen LogP contribution is -2.37. The number of carbonyl (C=O) groups excluding carboxylic acids is 1. The van der Waals surface area contributed by atoms with Gasteiger partial charge in [-0.1, -0.05) is 30.3 Å². The number of nitrogens with zero attached hydrogens (tertiary/aromatic N) is 4. The molecule has 3 aromatic rings. The molecule has 1 fully saturated rings. The molecule has 4 atom stereocenters. The maximum atomic E-state index is 12.3. The topological polar surface area (TPSA) is 162 Å². The zero-order chi connectivity index (χ0) is 22.0. The molecule has 0 saturated carbocycles. The van der Waals surface area contributed by atoms with Crippen LogP contribution in [0.3, 0.4) is 0 Å². The third-order valence-corrected chi connectivity index (χ3v) is 5.35. The summed E-state index contributed by atoms with van der Waals surface area (Å²) in [5.41, 5.74) is 12.2. The number of hydrogen-bond donors (Lipinski definition) is 3. The number of anilines is 1. The van der Waals surface area contributed by atoms with Gasteiger partial charge in [-0.15, -0.1) is 0 Å². The van der Waals surface area contributed by atoms with Crippen LogP contribution in [0.15, 0.2) is 48.8 Å². The van der Waals surface area contributed by atoms with E-state index in [0.717, 1.165) is 5.56 Å². The summed E-state index contributed by atoms with van der Waals surface area (Å²) in [6.45, 7) is -0.230.